The second kappa shape index (κ2) is 6.29. The summed E-state index contributed by atoms with van der Waals surface area (Å²) in [6, 6.07) is 14.2. The molecule has 2 rings (SSSR count). The van der Waals surface area contributed by atoms with Gasteiger partial charge in [-0.15, -0.1) is 0 Å². The van der Waals surface area contributed by atoms with Crippen LogP contribution in [0, 0.1) is 11.3 Å². The molecule has 5 heteroatoms. The number of carbonyl (C=O) groups excluding carboxylic acids is 1. The molecule has 0 aliphatic rings. The van der Waals surface area contributed by atoms with E-state index in [0.717, 1.165) is 5.56 Å². The van der Waals surface area contributed by atoms with Crippen molar-refractivity contribution in [1.82, 2.24) is 4.90 Å². The predicted octanol–water partition coefficient (Wildman–Crippen LogP) is 3.07. The Hall–Kier alpha value is -2.51. The molecule has 0 spiro atoms. The van der Waals surface area contributed by atoms with E-state index in [9.17, 15) is 4.79 Å². The van der Waals surface area contributed by atoms with Gasteiger partial charge in [0.25, 0.3) is 5.91 Å². The minimum Gasteiger partial charge on any atom is -0.398 e. The standard InChI is InChI=1S/C16H14ClN3O/c1-20(10-12-5-2-4-11(8-12)9-18)16(21)13-6-3-7-14(19)15(13)17/h2-8H,10,19H2,1H3. The molecule has 0 aliphatic heterocycles. The van der Waals surface area contributed by atoms with E-state index >= 15 is 0 Å². The lowest BCUT2D eigenvalue weighted by molar-refractivity contribution is 0.0785. The van der Waals surface area contributed by atoms with Crippen LogP contribution < -0.4 is 5.73 Å². The number of halogens is 1. The molecule has 0 unspecified atom stereocenters. The normalized spacial score (nSPS) is 9.95. The second-order valence-corrected chi connectivity index (χ2v) is 5.06. The van der Waals surface area contributed by atoms with E-state index < -0.39 is 0 Å². The summed E-state index contributed by atoms with van der Waals surface area (Å²) in [6.45, 7) is 0.388. The van der Waals surface area contributed by atoms with Gasteiger partial charge in [-0.1, -0.05) is 29.8 Å². The maximum Gasteiger partial charge on any atom is 0.255 e. The van der Waals surface area contributed by atoms with Gasteiger partial charge in [-0.2, -0.15) is 5.26 Å². The van der Waals surface area contributed by atoms with Gasteiger partial charge in [0.2, 0.25) is 0 Å². The summed E-state index contributed by atoms with van der Waals surface area (Å²) < 4.78 is 0. The lowest BCUT2D eigenvalue weighted by Gasteiger charge is -2.18. The molecule has 0 aromatic heterocycles. The summed E-state index contributed by atoms with van der Waals surface area (Å²) in [7, 11) is 1.68. The lowest BCUT2D eigenvalue weighted by Crippen LogP contribution is -2.26. The maximum absolute atomic E-state index is 12.4. The number of rotatable bonds is 3. The molecule has 0 radical (unpaired) electrons. The summed E-state index contributed by atoms with van der Waals surface area (Å²) >= 11 is 6.07. The van der Waals surface area contributed by atoms with E-state index in [-0.39, 0.29) is 10.9 Å². The summed E-state index contributed by atoms with van der Waals surface area (Å²) in [4.78, 5) is 13.9. The number of hydrogen-bond donors (Lipinski definition) is 1. The van der Waals surface area contributed by atoms with Crippen molar-refractivity contribution >= 4 is 23.2 Å². The Labute approximate surface area is 128 Å². The first kappa shape index (κ1) is 14.9. The molecule has 0 fully saturated rings. The number of nitrogen functional groups attached to an aromatic ring is 1. The van der Waals surface area contributed by atoms with Gasteiger partial charge in [0.15, 0.2) is 0 Å². The highest BCUT2D eigenvalue weighted by atomic mass is 35.5. The van der Waals surface area contributed by atoms with Crippen LogP contribution in [0.5, 0.6) is 0 Å². The number of hydrogen-bond acceptors (Lipinski definition) is 3. The van der Waals surface area contributed by atoms with E-state index in [0.29, 0.717) is 23.4 Å². The predicted molar refractivity (Wildman–Crippen MR) is 82.8 cm³/mol. The number of nitriles is 1. The molecular formula is C16H14ClN3O. The smallest absolute Gasteiger partial charge is 0.255 e. The summed E-state index contributed by atoms with van der Waals surface area (Å²) in [5, 5.41) is 9.15. The monoisotopic (exact) mass is 299 g/mol. The molecule has 0 bridgehead atoms. The molecule has 21 heavy (non-hydrogen) atoms. The Morgan fingerprint density at radius 3 is 2.76 bits per heavy atom. The van der Waals surface area contributed by atoms with Crippen molar-refractivity contribution in [3.8, 4) is 6.07 Å². The highest BCUT2D eigenvalue weighted by Gasteiger charge is 2.16. The molecule has 0 saturated heterocycles. The van der Waals surface area contributed by atoms with Gasteiger partial charge in [0.1, 0.15) is 0 Å². The van der Waals surface area contributed by atoms with Crippen LogP contribution in [-0.4, -0.2) is 17.9 Å². The SMILES string of the molecule is CN(Cc1cccc(C#N)c1)C(=O)c1cccc(N)c1Cl. The molecule has 2 aromatic carbocycles. The second-order valence-electron chi connectivity index (χ2n) is 4.68. The van der Waals surface area contributed by atoms with Gasteiger partial charge in [-0.25, -0.2) is 0 Å². The summed E-state index contributed by atoms with van der Waals surface area (Å²) in [6.07, 6.45) is 0. The van der Waals surface area contributed by atoms with Crippen molar-refractivity contribution < 1.29 is 4.79 Å². The lowest BCUT2D eigenvalue weighted by atomic mass is 10.1. The van der Waals surface area contributed by atoms with Crippen molar-refractivity contribution in [2.75, 3.05) is 12.8 Å². The molecule has 2 aromatic rings. The zero-order chi connectivity index (χ0) is 15.4. The Bertz CT molecular complexity index is 722. The van der Waals surface area contributed by atoms with Crippen LogP contribution in [0.25, 0.3) is 0 Å². The molecule has 0 saturated carbocycles. The fourth-order valence-corrected chi connectivity index (χ4v) is 2.21. The van der Waals surface area contributed by atoms with Gasteiger partial charge in [-0.3, -0.25) is 4.79 Å². The van der Waals surface area contributed by atoms with Crippen molar-refractivity contribution in [2.24, 2.45) is 0 Å². The highest BCUT2D eigenvalue weighted by molar-refractivity contribution is 6.36. The fourth-order valence-electron chi connectivity index (χ4n) is 2.01. The van der Waals surface area contributed by atoms with Crippen molar-refractivity contribution in [3.63, 3.8) is 0 Å². The summed E-state index contributed by atoms with van der Waals surface area (Å²) in [5.41, 5.74) is 7.90. The van der Waals surface area contributed by atoms with Crippen molar-refractivity contribution in [3.05, 3.63) is 64.2 Å². The highest BCUT2D eigenvalue weighted by Crippen LogP contribution is 2.24. The first-order valence-electron chi connectivity index (χ1n) is 6.31. The van der Waals surface area contributed by atoms with Crippen LogP contribution in [0.15, 0.2) is 42.5 Å². The van der Waals surface area contributed by atoms with E-state index in [2.05, 4.69) is 6.07 Å². The molecule has 106 valence electrons. The fraction of sp³-hybridized carbons (Fsp3) is 0.125. The van der Waals surface area contributed by atoms with Crippen LogP contribution in [0.4, 0.5) is 5.69 Å². The van der Waals surface area contributed by atoms with Gasteiger partial charge < -0.3 is 10.6 Å². The third-order valence-electron chi connectivity index (χ3n) is 3.08. The quantitative estimate of drug-likeness (QED) is 0.885. The molecule has 1 amide bonds. The van der Waals surface area contributed by atoms with Crippen LogP contribution in [0.1, 0.15) is 21.5 Å². The molecule has 0 atom stereocenters. The molecular weight excluding hydrogens is 286 g/mol. The van der Waals surface area contributed by atoms with Gasteiger partial charge in [0, 0.05) is 13.6 Å². The van der Waals surface area contributed by atoms with Crippen LogP contribution in [-0.2, 0) is 6.54 Å². The Kier molecular flexibility index (Phi) is 4.46. The van der Waals surface area contributed by atoms with E-state index in [1.54, 1.807) is 43.4 Å². The molecule has 4 nitrogen and oxygen atoms in total. The van der Waals surface area contributed by atoms with Crippen LogP contribution >= 0.6 is 11.6 Å². The van der Waals surface area contributed by atoms with E-state index in [4.69, 9.17) is 22.6 Å². The van der Waals surface area contributed by atoms with Gasteiger partial charge >= 0.3 is 0 Å². The molecule has 0 aliphatic carbocycles. The van der Waals surface area contributed by atoms with E-state index in [1.807, 2.05) is 6.07 Å². The Morgan fingerprint density at radius 2 is 2.05 bits per heavy atom. The van der Waals surface area contributed by atoms with Crippen LogP contribution in [0.3, 0.4) is 0 Å². The van der Waals surface area contributed by atoms with E-state index in [1.165, 1.54) is 4.90 Å². The summed E-state index contributed by atoms with van der Waals surface area (Å²) in [5.74, 6) is -0.213. The number of amides is 1. The minimum atomic E-state index is -0.213. The van der Waals surface area contributed by atoms with Gasteiger partial charge in [0.05, 0.1) is 27.9 Å². The van der Waals surface area contributed by atoms with Crippen molar-refractivity contribution in [1.29, 1.82) is 5.26 Å². The topological polar surface area (TPSA) is 70.1 Å². The maximum atomic E-state index is 12.4. The zero-order valence-electron chi connectivity index (χ0n) is 11.5. The zero-order valence-corrected chi connectivity index (χ0v) is 12.3. The third kappa shape index (κ3) is 3.33. The Morgan fingerprint density at radius 1 is 1.33 bits per heavy atom. The number of nitrogens with two attached hydrogens (primary N) is 1. The average Bonchev–Trinajstić information content (AvgIpc) is 2.49. The average molecular weight is 300 g/mol. The first-order valence-corrected chi connectivity index (χ1v) is 6.69. The van der Waals surface area contributed by atoms with Crippen molar-refractivity contribution in [2.45, 2.75) is 6.54 Å². The molecule has 0 heterocycles. The Balaban J connectivity index is 2.20. The third-order valence-corrected chi connectivity index (χ3v) is 3.50. The largest absolute Gasteiger partial charge is 0.398 e. The number of anilines is 1. The van der Waals surface area contributed by atoms with Gasteiger partial charge in [-0.05, 0) is 29.8 Å². The molecule has 2 N–H and O–H groups in total. The van der Waals surface area contributed by atoms with Crippen LogP contribution in [0.2, 0.25) is 5.02 Å². The number of nitrogens with zero attached hydrogens (tertiary/aromatic N) is 2. The number of benzene rings is 2. The minimum absolute atomic E-state index is 0.213. The first-order chi connectivity index (χ1) is 10.0. The number of carbonyl (C=O) groups is 1.